The second kappa shape index (κ2) is 3.97. The number of hydrazine groups is 1. The van der Waals surface area contributed by atoms with Crippen LogP contribution in [-0.2, 0) is 0 Å². The number of nitrogens with one attached hydrogen (secondary N) is 2. The van der Waals surface area contributed by atoms with Gasteiger partial charge in [-0.2, -0.15) is 5.10 Å². The number of rotatable bonds is 2. The number of nitrogens with two attached hydrogens (primary N) is 2. The lowest BCUT2D eigenvalue weighted by molar-refractivity contribution is 1.09. The second-order valence-corrected chi connectivity index (χ2v) is 3.74. The zero-order valence-electron chi connectivity index (χ0n) is 9.38. The van der Waals surface area contributed by atoms with Crippen LogP contribution in [0.5, 0.6) is 0 Å². The van der Waals surface area contributed by atoms with E-state index in [1.165, 1.54) is 0 Å². The van der Waals surface area contributed by atoms with Gasteiger partial charge in [-0.15, -0.1) is 0 Å². The first-order valence-electron chi connectivity index (χ1n) is 5.33. The number of anilines is 2. The average molecular weight is 241 g/mol. The van der Waals surface area contributed by atoms with Gasteiger partial charge < -0.3 is 11.2 Å². The van der Waals surface area contributed by atoms with Crippen molar-refractivity contribution in [3.8, 4) is 11.4 Å². The summed E-state index contributed by atoms with van der Waals surface area (Å²) < 4.78 is 0. The van der Waals surface area contributed by atoms with Gasteiger partial charge in [0.2, 0.25) is 0 Å². The fourth-order valence-corrected chi connectivity index (χ4v) is 1.77. The molecule has 0 aliphatic carbocycles. The maximum Gasteiger partial charge on any atom is 0.189 e. The van der Waals surface area contributed by atoms with Crippen LogP contribution >= 0.6 is 0 Å². The van der Waals surface area contributed by atoms with Gasteiger partial charge in [-0.3, -0.25) is 5.10 Å². The van der Waals surface area contributed by atoms with E-state index in [-0.39, 0.29) is 0 Å². The molecule has 0 aliphatic heterocycles. The van der Waals surface area contributed by atoms with Gasteiger partial charge in [0.1, 0.15) is 11.2 Å². The molecule has 0 saturated heterocycles. The molecule has 90 valence electrons. The van der Waals surface area contributed by atoms with Crippen LogP contribution in [-0.4, -0.2) is 20.2 Å². The number of nitrogens with zero attached hydrogens (tertiary/aromatic N) is 3. The van der Waals surface area contributed by atoms with E-state index >= 15 is 0 Å². The van der Waals surface area contributed by atoms with Crippen LogP contribution in [0, 0.1) is 0 Å². The van der Waals surface area contributed by atoms with E-state index in [0.29, 0.717) is 28.5 Å². The predicted octanol–water partition coefficient (Wildman–Crippen LogP) is 0.888. The van der Waals surface area contributed by atoms with Crippen LogP contribution in [0.4, 0.5) is 11.6 Å². The quantitative estimate of drug-likeness (QED) is 0.391. The number of hydrogen-bond donors (Lipinski definition) is 4. The third-order valence-corrected chi connectivity index (χ3v) is 2.61. The number of H-pyrrole nitrogens is 1. The Kier molecular flexibility index (Phi) is 2.31. The van der Waals surface area contributed by atoms with Crippen molar-refractivity contribution in [1.29, 1.82) is 0 Å². The zero-order valence-corrected chi connectivity index (χ0v) is 9.38. The van der Waals surface area contributed by atoms with E-state index < -0.39 is 0 Å². The highest BCUT2D eigenvalue weighted by Crippen LogP contribution is 2.26. The molecule has 1 aromatic carbocycles. The molecule has 2 aromatic heterocycles. The summed E-state index contributed by atoms with van der Waals surface area (Å²) in [4.78, 5) is 8.68. The summed E-state index contributed by atoms with van der Waals surface area (Å²) in [5.41, 5.74) is 9.63. The maximum atomic E-state index is 5.75. The first kappa shape index (κ1) is 10.5. The third kappa shape index (κ3) is 1.54. The fourth-order valence-electron chi connectivity index (χ4n) is 1.77. The summed E-state index contributed by atoms with van der Waals surface area (Å²) in [6.07, 6.45) is 0. The lowest BCUT2D eigenvalue weighted by atomic mass is 10.2. The first-order chi connectivity index (χ1) is 8.79. The molecule has 7 nitrogen and oxygen atoms in total. The minimum atomic E-state index is 0.387. The summed E-state index contributed by atoms with van der Waals surface area (Å²) in [5, 5.41) is 7.27. The molecule has 0 amide bonds. The van der Waals surface area contributed by atoms with Crippen LogP contribution in [0.15, 0.2) is 30.3 Å². The summed E-state index contributed by atoms with van der Waals surface area (Å²) >= 11 is 0. The Morgan fingerprint density at radius 2 is 1.89 bits per heavy atom. The molecule has 0 spiro atoms. The Balaban J connectivity index is 2.27. The molecule has 6 N–H and O–H groups in total. The summed E-state index contributed by atoms with van der Waals surface area (Å²) in [5.74, 6) is 6.83. The Labute approximate surface area is 102 Å². The predicted molar refractivity (Wildman–Crippen MR) is 69.3 cm³/mol. The second-order valence-electron chi connectivity index (χ2n) is 3.74. The molecule has 2 heterocycles. The third-order valence-electron chi connectivity index (χ3n) is 2.61. The molecule has 0 radical (unpaired) electrons. The molecule has 0 unspecified atom stereocenters. The Morgan fingerprint density at radius 3 is 2.61 bits per heavy atom. The highest BCUT2D eigenvalue weighted by Gasteiger charge is 2.13. The summed E-state index contributed by atoms with van der Waals surface area (Å²) in [7, 11) is 0. The van der Waals surface area contributed by atoms with Crippen molar-refractivity contribution in [2.45, 2.75) is 0 Å². The molecule has 0 saturated carbocycles. The fraction of sp³-hybridized carbons (Fsp3) is 0. The molecule has 7 heteroatoms. The number of aromatic amines is 1. The highest BCUT2D eigenvalue weighted by atomic mass is 15.3. The van der Waals surface area contributed by atoms with Gasteiger partial charge in [-0.25, -0.2) is 15.8 Å². The minimum absolute atomic E-state index is 0.387. The Morgan fingerprint density at radius 1 is 1.11 bits per heavy atom. The standard InChI is InChI=1S/C11H11N7/c12-8-7-10(16-13)14-9(15-11(7)18-17-8)6-4-2-1-3-5-6/h1-5H,13H2,(H4,12,14,15,16,17,18). The van der Waals surface area contributed by atoms with Gasteiger partial charge in [0, 0.05) is 5.56 Å². The molecule has 3 rings (SSSR count). The van der Waals surface area contributed by atoms with E-state index in [9.17, 15) is 0 Å². The van der Waals surface area contributed by atoms with Crippen molar-refractivity contribution >= 4 is 22.7 Å². The smallest absolute Gasteiger partial charge is 0.189 e. The molecule has 18 heavy (non-hydrogen) atoms. The molecule has 0 fully saturated rings. The normalized spacial score (nSPS) is 10.7. The number of nitrogen functional groups attached to an aromatic ring is 2. The summed E-state index contributed by atoms with van der Waals surface area (Å²) in [6.45, 7) is 0. The van der Waals surface area contributed by atoms with Crippen LogP contribution in [0.25, 0.3) is 22.4 Å². The van der Waals surface area contributed by atoms with Gasteiger partial charge in [0.05, 0.1) is 0 Å². The van der Waals surface area contributed by atoms with Crippen LogP contribution < -0.4 is 17.0 Å². The van der Waals surface area contributed by atoms with Crippen molar-refractivity contribution in [3.63, 3.8) is 0 Å². The molecule has 3 aromatic rings. The van der Waals surface area contributed by atoms with Crippen LogP contribution in [0.3, 0.4) is 0 Å². The first-order valence-corrected chi connectivity index (χ1v) is 5.33. The minimum Gasteiger partial charge on any atom is -0.383 e. The topological polar surface area (TPSA) is 119 Å². The lowest BCUT2D eigenvalue weighted by Gasteiger charge is -2.04. The van der Waals surface area contributed by atoms with E-state index in [0.717, 1.165) is 5.56 Å². The maximum absolute atomic E-state index is 5.75. The van der Waals surface area contributed by atoms with Crippen molar-refractivity contribution in [2.75, 3.05) is 11.2 Å². The Hall–Kier alpha value is -2.67. The monoisotopic (exact) mass is 241 g/mol. The molecule has 0 aliphatic rings. The lowest BCUT2D eigenvalue weighted by Crippen LogP contribution is -2.10. The van der Waals surface area contributed by atoms with Gasteiger partial charge >= 0.3 is 0 Å². The zero-order chi connectivity index (χ0) is 12.5. The van der Waals surface area contributed by atoms with E-state index in [4.69, 9.17) is 11.6 Å². The van der Waals surface area contributed by atoms with E-state index in [1.54, 1.807) is 0 Å². The van der Waals surface area contributed by atoms with Gasteiger partial charge in [-0.1, -0.05) is 30.3 Å². The van der Waals surface area contributed by atoms with Crippen molar-refractivity contribution in [1.82, 2.24) is 20.2 Å². The molecule has 0 atom stereocenters. The number of hydrogen-bond acceptors (Lipinski definition) is 6. The molecular formula is C11H11N7. The Bertz CT molecular complexity index is 689. The SMILES string of the molecule is NNc1nc(-c2ccccc2)nc2n[nH]c(N)c12. The van der Waals surface area contributed by atoms with Crippen molar-refractivity contribution in [3.05, 3.63) is 30.3 Å². The number of fused-ring (bicyclic) bond motifs is 1. The average Bonchev–Trinajstić information content (AvgIpc) is 2.81. The number of benzene rings is 1. The van der Waals surface area contributed by atoms with Crippen molar-refractivity contribution < 1.29 is 0 Å². The van der Waals surface area contributed by atoms with Crippen molar-refractivity contribution in [2.24, 2.45) is 5.84 Å². The van der Waals surface area contributed by atoms with Gasteiger partial charge in [0.15, 0.2) is 17.3 Å². The molecular weight excluding hydrogens is 230 g/mol. The highest BCUT2D eigenvalue weighted by molar-refractivity contribution is 5.96. The van der Waals surface area contributed by atoms with Gasteiger partial charge in [0.25, 0.3) is 0 Å². The summed E-state index contributed by atoms with van der Waals surface area (Å²) in [6, 6.07) is 9.58. The van der Waals surface area contributed by atoms with Crippen LogP contribution in [0.2, 0.25) is 0 Å². The van der Waals surface area contributed by atoms with Gasteiger partial charge in [-0.05, 0) is 0 Å². The van der Waals surface area contributed by atoms with E-state index in [2.05, 4.69) is 25.6 Å². The largest absolute Gasteiger partial charge is 0.383 e. The van der Waals surface area contributed by atoms with Crippen LogP contribution in [0.1, 0.15) is 0 Å². The van der Waals surface area contributed by atoms with E-state index in [1.807, 2.05) is 30.3 Å². The molecule has 0 bridgehead atoms. The number of aromatic nitrogens is 4.